The van der Waals surface area contributed by atoms with Crippen LogP contribution in [0.3, 0.4) is 0 Å². The molecule has 0 radical (unpaired) electrons. The number of nitrogens with zero attached hydrogens (tertiary/aromatic N) is 4. The summed E-state index contributed by atoms with van der Waals surface area (Å²) in [6.45, 7) is 5.70. The van der Waals surface area contributed by atoms with Crippen LogP contribution in [-0.4, -0.2) is 74.5 Å². The molecule has 0 atom stereocenters. The van der Waals surface area contributed by atoms with Crippen LogP contribution in [0.5, 0.6) is 0 Å². The second-order valence-corrected chi connectivity index (χ2v) is 10.3. The summed E-state index contributed by atoms with van der Waals surface area (Å²) in [6, 6.07) is 12.9. The third kappa shape index (κ3) is 4.38. The van der Waals surface area contributed by atoms with E-state index in [0.29, 0.717) is 18.5 Å². The third-order valence-electron chi connectivity index (χ3n) is 6.39. The molecule has 180 valence electrons. The van der Waals surface area contributed by atoms with E-state index in [-0.39, 0.29) is 17.3 Å². The molecule has 0 unspecified atom stereocenters. The maximum Gasteiger partial charge on any atom is 0.290 e. The van der Waals surface area contributed by atoms with Crippen LogP contribution in [0.15, 0.2) is 53.6 Å². The predicted octanol–water partition coefficient (Wildman–Crippen LogP) is 2.24. The lowest BCUT2D eigenvalue weighted by Crippen LogP contribution is -2.44. The molecular weight excluding hydrogens is 456 g/mol. The van der Waals surface area contributed by atoms with Crippen molar-refractivity contribution in [2.45, 2.75) is 18.2 Å². The van der Waals surface area contributed by atoms with Crippen molar-refractivity contribution in [3.05, 3.63) is 54.2 Å². The number of hydrogen-bond donors (Lipinski definition) is 1. The van der Waals surface area contributed by atoms with Crippen molar-refractivity contribution < 1.29 is 23.1 Å². The first-order valence-electron chi connectivity index (χ1n) is 11.1. The first-order chi connectivity index (χ1) is 16.3. The molecule has 10 heteroatoms. The topological polar surface area (TPSA) is 103 Å². The van der Waals surface area contributed by atoms with Gasteiger partial charge in [0.15, 0.2) is 0 Å². The minimum atomic E-state index is -3.75. The fourth-order valence-electron chi connectivity index (χ4n) is 4.54. The lowest BCUT2D eigenvalue weighted by molar-refractivity contribution is -0.123. The monoisotopic (exact) mass is 484 g/mol. The van der Waals surface area contributed by atoms with Gasteiger partial charge >= 0.3 is 0 Å². The highest BCUT2D eigenvalue weighted by Crippen LogP contribution is 2.32. The normalized spacial score (nSPS) is 16.2. The molecular formula is C24H28N4O5S. The van der Waals surface area contributed by atoms with Crippen molar-refractivity contribution in [2.24, 2.45) is 0 Å². The molecule has 2 aliphatic rings. The van der Waals surface area contributed by atoms with Crippen LogP contribution in [0.2, 0.25) is 0 Å². The summed E-state index contributed by atoms with van der Waals surface area (Å²) in [5.74, 6) is -0.0257. The molecule has 2 aromatic carbocycles. The van der Waals surface area contributed by atoms with Crippen LogP contribution < -0.4 is 9.80 Å². The number of piperazine rings is 1. The molecule has 2 aliphatic heterocycles. The first-order valence-corrected chi connectivity index (χ1v) is 12.5. The Hall–Kier alpha value is -3.37. The molecule has 9 nitrogen and oxygen atoms in total. The maximum absolute atomic E-state index is 13.5. The molecule has 1 fully saturated rings. The van der Waals surface area contributed by atoms with E-state index in [1.54, 1.807) is 29.3 Å². The van der Waals surface area contributed by atoms with Crippen LogP contribution in [0, 0.1) is 0 Å². The Morgan fingerprint density at radius 3 is 2.38 bits per heavy atom. The number of anilines is 2. The minimum absolute atomic E-state index is 0.0257. The predicted molar refractivity (Wildman–Crippen MR) is 131 cm³/mol. The van der Waals surface area contributed by atoms with Gasteiger partial charge in [0.1, 0.15) is 0 Å². The molecule has 1 saturated heterocycles. The van der Waals surface area contributed by atoms with E-state index in [1.807, 2.05) is 18.2 Å². The Bertz CT molecular complexity index is 1330. The van der Waals surface area contributed by atoms with Gasteiger partial charge in [-0.1, -0.05) is 6.07 Å². The van der Waals surface area contributed by atoms with Crippen molar-refractivity contribution in [1.82, 2.24) is 8.87 Å². The van der Waals surface area contributed by atoms with Crippen LogP contribution >= 0.6 is 0 Å². The maximum atomic E-state index is 13.5. The Balaban J connectivity index is 0.000000868. The van der Waals surface area contributed by atoms with Gasteiger partial charge in [-0.15, -0.1) is 0 Å². The first kappa shape index (κ1) is 23.8. The average molecular weight is 485 g/mol. The fourth-order valence-corrected chi connectivity index (χ4v) is 5.94. The van der Waals surface area contributed by atoms with Gasteiger partial charge in [0.25, 0.3) is 16.5 Å². The van der Waals surface area contributed by atoms with Gasteiger partial charge in [-0.05, 0) is 55.4 Å². The van der Waals surface area contributed by atoms with Crippen molar-refractivity contribution in [1.29, 1.82) is 0 Å². The number of aromatic nitrogens is 1. The van der Waals surface area contributed by atoms with E-state index in [2.05, 4.69) is 22.9 Å². The summed E-state index contributed by atoms with van der Waals surface area (Å²) in [5, 5.41) is 7.78. The smallest absolute Gasteiger partial charge is 0.290 e. The zero-order chi connectivity index (χ0) is 24.5. The number of hydrogen-bond acceptors (Lipinski definition) is 6. The van der Waals surface area contributed by atoms with Crippen molar-refractivity contribution >= 4 is 44.7 Å². The highest BCUT2D eigenvalue weighted by molar-refractivity contribution is 7.90. The van der Waals surface area contributed by atoms with E-state index in [9.17, 15) is 13.2 Å². The SMILES string of the molecule is CC(=O)N1CCc2cc(S(=O)(=O)n3ccc4ccc(N5CCN(C)CC5)cc43)ccc21.O=CO. The van der Waals surface area contributed by atoms with E-state index in [0.717, 1.165) is 48.5 Å². The van der Waals surface area contributed by atoms with Crippen molar-refractivity contribution in [3.8, 4) is 0 Å². The molecule has 3 heterocycles. The molecule has 1 N–H and O–H groups in total. The summed E-state index contributed by atoms with van der Waals surface area (Å²) in [5.41, 5.74) is 3.43. The second-order valence-electron chi connectivity index (χ2n) is 8.47. The third-order valence-corrected chi connectivity index (χ3v) is 8.08. The lowest BCUT2D eigenvalue weighted by Gasteiger charge is -2.34. The van der Waals surface area contributed by atoms with E-state index in [1.165, 1.54) is 10.9 Å². The van der Waals surface area contributed by atoms with Crippen LogP contribution in [-0.2, 0) is 26.0 Å². The van der Waals surface area contributed by atoms with Crippen LogP contribution in [0.1, 0.15) is 12.5 Å². The average Bonchev–Trinajstić information content (AvgIpc) is 3.44. The number of carbonyl (C=O) groups excluding carboxylic acids is 1. The van der Waals surface area contributed by atoms with E-state index < -0.39 is 10.0 Å². The number of benzene rings is 2. The summed E-state index contributed by atoms with van der Waals surface area (Å²) in [6.07, 6.45) is 2.29. The summed E-state index contributed by atoms with van der Waals surface area (Å²) in [4.78, 5) is 26.7. The van der Waals surface area contributed by atoms with Gasteiger partial charge in [0.05, 0.1) is 10.4 Å². The quantitative estimate of drug-likeness (QED) is 0.569. The van der Waals surface area contributed by atoms with Gasteiger partial charge in [-0.2, -0.15) is 0 Å². The second kappa shape index (κ2) is 9.47. The zero-order valence-electron chi connectivity index (χ0n) is 19.2. The molecule has 1 aromatic heterocycles. The Morgan fingerprint density at radius 2 is 1.71 bits per heavy atom. The number of carbonyl (C=O) groups is 2. The van der Waals surface area contributed by atoms with Crippen LogP contribution in [0.4, 0.5) is 11.4 Å². The van der Waals surface area contributed by atoms with Crippen molar-refractivity contribution in [3.63, 3.8) is 0 Å². The van der Waals surface area contributed by atoms with Gasteiger partial charge in [0, 0.05) is 62.6 Å². The van der Waals surface area contributed by atoms with Gasteiger partial charge < -0.3 is 19.8 Å². The van der Waals surface area contributed by atoms with E-state index >= 15 is 0 Å². The highest BCUT2D eigenvalue weighted by Gasteiger charge is 2.26. The molecule has 3 aromatic rings. The number of fused-ring (bicyclic) bond motifs is 2. The summed E-state index contributed by atoms with van der Waals surface area (Å²) < 4.78 is 28.4. The minimum Gasteiger partial charge on any atom is -0.483 e. The zero-order valence-corrected chi connectivity index (χ0v) is 20.0. The van der Waals surface area contributed by atoms with Crippen LogP contribution in [0.25, 0.3) is 10.9 Å². The Labute approximate surface area is 198 Å². The number of carboxylic acid groups (broad SMARTS) is 1. The van der Waals surface area contributed by atoms with Gasteiger partial charge in [0.2, 0.25) is 5.91 Å². The summed E-state index contributed by atoms with van der Waals surface area (Å²) >= 11 is 0. The number of amides is 1. The number of likely N-dealkylation sites (N-methyl/N-ethyl adjacent to an activating group) is 1. The van der Waals surface area contributed by atoms with Gasteiger partial charge in [-0.3, -0.25) is 9.59 Å². The van der Waals surface area contributed by atoms with Crippen molar-refractivity contribution in [2.75, 3.05) is 49.6 Å². The molecule has 0 bridgehead atoms. The molecule has 0 saturated carbocycles. The summed E-state index contributed by atoms with van der Waals surface area (Å²) in [7, 11) is -1.64. The molecule has 1 amide bonds. The highest BCUT2D eigenvalue weighted by atomic mass is 32.2. The molecule has 34 heavy (non-hydrogen) atoms. The fraction of sp³-hybridized carbons (Fsp3) is 0.333. The molecule has 0 aliphatic carbocycles. The Morgan fingerprint density at radius 1 is 1.00 bits per heavy atom. The Kier molecular flexibility index (Phi) is 6.63. The van der Waals surface area contributed by atoms with Gasteiger partial charge in [-0.25, -0.2) is 12.4 Å². The lowest BCUT2D eigenvalue weighted by atomic mass is 10.2. The standard InChI is InChI=1S/C23H26N4O3S.CH2O2/c1-17(28)26-9-7-19-15-21(5-6-22(19)26)31(29,30)27-10-8-18-3-4-20(16-23(18)27)25-13-11-24(2)12-14-25;2-1-3/h3-6,8,10,15-16H,7,9,11-14H2,1-2H3;1H,(H,2,3). The van der Waals surface area contributed by atoms with E-state index in [4.69, 9.17) is 9.90 Å². The molecule has 0 spiro atoms. The molecule has 5 rings (SSSR count). The number of rotatable bonds is 3. The largest absolute Gasteiger partial charge is 0.483 e.